The summed E-state index contributed by atoms with van der Waals surface area (Å²) in [6.45, 7) is 4.96. The lowest BCUT2D eigenvalue weighted by molar-refractivity contribution is 0.112. The fourth-order valence-corrected chi connectivity index (χ4v) is 2.11. The summed E-state index contributed by atoms with van der Waals surface area (Å²) >= 11 is 0. The van der Waals surface area contributed by atoms with Crippen molar-refractivity contribution in [1.82, 2.24) is 10.2 Å². The third-order valence-electron chi connectivity index (χ3n) is 3.04. The average Bonchev–Trinajstić information content (AvgIpc) is 2.40. The van der Waals surface area contributed by atoms with Gasteiger partial charge < -0.3 is 10.1 Å². The van der Waals surface area contributed by atoms with Crippen LogP contribution in [0.4, 0.5) is 0 Å². The first kappa shape index (κ1) is 12.1. The molecule has 1 heterocycles. The molecule has 0 unspecified atom stereocenters. The van der Waals surface area contributed by atoms with Crippen molar-refractivity contribution < 1.29 is 9.53 Å². The van der Waals surface area contributed by atoms with Crippen LogP contribution in [0.3, 0.4) is 0 Å². The first-order valence-electron chi connectivity index (χ1n) is 5.88. The number of piperazine rings is 1. The summed E-state index contributed by atoms with van der Waals surface area (Å²) in [6.07, 6.45) is 0.876. The van der Waals surface area contributed by atoms with Gasteiger partial charge in [-0.25, -0.2) is 0 Å². The molecule has 4 nitrogen and oxygen atoms in total. The van der Waals surface area contributed by atoms with E-state index in [0.717, 1.165) is 50.3 Å². The molecule has 2 rings (SSSR count). The van der Waals surface area contributed by atoms with E-state index in [1.807, 2.05) is 12.1 Å². The number of carbonyl (C=O) groups excluding carboxylic acids is 1. The van der Waals surface area contributed by atoms with Gasteiger partial charge in [-0.15, -0.1) is 0 Å². The maximum Gasteiger partial charge on any atom is 0.150 e. The van der Waals surface area contributed by atoms with Crippen molar-refractivity contribution in [2.24, 2.45) is 0 Å². The van der Waals surface area contributed by atoms with Gasteiger partial charge >= 0.3 is 0 Å². The molecule has 0 amide bonds. The number of aldehydes is 1. The second-order valence-corrected chi connectivity index (χ2v) is 4.22. The molecule has 1 fully saturated rings. The number of nitrogens with one attached hydrogen (secondary N) is 1. The summed E-state index contributed by atoms with van der Waals surface area (Å²) in [6, 6.07) is 5.56. The van der Waals surface area contributed by atoms with E-state index in [0.29, 0.717) is 5.56 Å². The van der Waals surface area contributed by atoms with Crippen LogP contribution in [0.15, 0.2) is 18.2 Å². The first-order chi connectivity index (χ1) is 8.33. The standard InChI is InChI=1S/C13H18N2O2/c1-17-13-3-2-11(10-16)8-12(13)9-15-6-4-14-5-7-15/h2-3,8,10,14H,4-7,9H2,1H3. The van der Waals surface area contributed by atoms with Gasteiger partial charge in [-0.3, -0.25) is 9.69 Å². The molecular weight excluding hydrogens is 216 g/mol. The van der Waals surface area contributed by atoms with E-state index in [4.69, 9.17) is 4.74 Å². The van der Waals surface area contributed by atoms with Crippen LogP contribution in [0.1, 0.15) is 15.9 Å². The van der Waals surface area contributed by atoms with Crippen molar-refractivity contribution in [2.75, 3.05) is 33.3 Å². The molecular formula is C13H18N2O2. The average molecular weight is 234 g/mol. The van der Waals surface area contributed by atoms with Crippen molar-refractivity contribution >= 4 is 6.29 Å². The predicted molar refractivity (Wildman–Crippen MR) is 66.5 cm³/mol. The highest BCUT2D eigenvalue weighted by Gasteiger charge is 2.12. The van der Waals surface area contributed by atoms with Crippen molar-refractivity contribution in [3.63, 3.8) is 0 Å². The van der Waals surface area contributed by atoms with Gasteiger partial charge in [0.15, 0.2) is 0 Å². The lowest BCUT2D eigenvalue weighted by atomic mass is 10.1. The quantitative estimate of drug-likeness (QED) is 0.786. The van der Waals surface area contributed by atoms with E-state index < -0.39 is 0 Å². The Morgan fingerprint density at radius 2 is 2.18 bits per heavy atom. The van der Waals surface area contributed by atoms with Crippen LogP contribution >= 0.6 is 0 Å². The molecule has 1 aliphatic rings. The monoisotopic (exact) mass is 234 g/mol. The molecule has 0 bridgehead atoms. The van der Waals surface area contributed by atoms with Crippen molar-refractivity contribution in [3.05, 3.63) is 29.3 Å². The van der Waals surface area contributed by atoms with E-state index in [2.05, 4.69) is 10.2 Å². The van der Waals surface area contributed by atoms with Crippen LogP contribution in [-0.2, 0) is 6.54 Å². The number of carbonyl (C=O) groups is 1. The maximum absolute atomic E-state index is 10.8. The second kappa shape index (κ2) is 5.80. The summed E-state index contributed by atoms with van der Waals surface area (Å²) in [5.41, 5.74) is 1.79. The normalized spacial score (nSPS) is 16.8. The number of nitrogens with zero attached hydrogens (tertiary/aromatic N) is 1. The zero-order valence-electron chi connectivity index (χ0n) is 10.1. The van der Waals surface area contributed by atoms with Gasteiger partial charge in [0.25, 0.3) is 0 Å². The number of hydrogen-bond acceptors (Lipinski definition) is 4. The molecule has 92 valence electrons. The Bertz CT molecular complexity index is 387. The molecule has 0 saturated carbocycles. The molecule has 0 aliphatic carbocycles. The van der Waals surface area contributed by atoms with E-state index in [1.165, 1.54) is 0 Å². The van der Waals surface area contributed by atoms with Gasteiger partial charge in [-0.2, -0.15) is 0 Å². The van der Waals surface area contributed by atoms with E-state index in [1.54, 1.807) is 13.2 Å². The SMILES string of the molecule is COc1ccc(C=O)cc1CN1CCNCC1. The van der Waals surface area contributed by atoms with Crippen molar-refractivity contribution in [3.8, 4) is 5.75 Å². The van der Waals surface area contributed by atoms with Crippen LogP contribution in [-0.4, -0.2) is 44.5 Å². The molecule has 0 aromatic heterocycles. The summed E-state index contributed by atoms with van der Waals surface area (Å²) in [5, 5.41) is 3.32. The molecule has 0 spiro atoms. The minimum Gasteiger partial charge on any atom is -0.496 e. The Balaban J connectivity index is 2.13. The molecule has 1 aliphatic heterocycles. The Hall–Kier alpha value is -1.39. The summed E-state index contributed by atoms with van der Waals surface area (Å²) in [7, 11) is 1.66. The van der Waals surface area contributed by atoms with E-state index in [-0.39, 0.29) is 0 Å². The minimum atomic E-state index is 0.705. The van der Waals surface area contributed by atoms with E-state index >= 15 is 0 Å². The Labute approximate surface area is 102 Å². The highest BCUT2D eigenvalue weighted by molar-refractivity contribution is 5.75. The molecule has 0 radical (unpaired) electrons. The Kier molecular flexibility index (Phi) is 4.12. The third kappa shape index (κ3) is 3.05. The molecule has 4 heteroatoms. The fraction of sp³-hybridized carbons (Fsp3) is 0.462. The number of methoxy groups -OCH3 is 1. The summed E-state index contributed by atoms with van der Waals surface area (Å²) in [4.78, 5) is 13.2. The number of rotatable bonds is 4. The summed E-state index contributed by atoms with van der Waals surface area (Å²) < 4.78 is 5.33. The number of ether oxygens (including phenoxy) is 1. The van der Waals surface area contributed by atoms with Gasteiger partial charge in [0.05, 0.1) is 7.11 Å². The van der Waals surface area contributed by atoms with Gasteiger partial charge in [0.2, 0.25) is 0 Å². The highest BCUT2D eigenvalue weighted by Crippen LogP contribution is 2.21. The first-order valence-corrected chi connectivity index (χ1v) is 5.88. The summed E-state index contributed by atoms with van der Waals surface area (Å²) in [5.74, 6) is 0.856. The largest absolute Gasteiger partial charge is 0.496 e. The van der Waals surface area contributed by atoms with Gasteiger partial charge in [-0.05, 0) is 18.2 Å². The van der Waals surface area contributed by atoms with Crippen molar-refractivity contribution in [2.45, 2.75) is 6.54 Å². The maximum atomic E-state index is 10.8. The lowest BCUT2D eigenvalue weighted by Crippen LogP contribution is -2.42. The molecule has 1 N–H and O–H groups in total. The van der Waals surface area contributed by atoms with Crippen LogP contribution < -0.4 is 10.1 Å². The fourth-order valence-electron chi connectivity index (χ4n) is 2.11. The predicted octanol–water partition coefficient (Wildman–Crippen LogP) is 0.913. The highest BCUT2D eigenvalue weighted by atomic mass is 16.5. The Morgan fingerprint density at radius 3 is 2.82 bits per heavy atom. The van der Waals surface area contributed by atoms with Crippen LogP contribution in [0.25, 0.3) is 0 Å². The second-order valence-electron chi connectivity index (χ2n) is 4.22. The molecule has 17 heavy (non-hydrogen) atoms. The van der Waals surface area contributed by atoms with Gasteiger partial charge in [-0.1, -0.05) is 0 Å². The molecule has 1 aromatic rings. The van der Waals surface area contributed by atoms with Gasteiger partial charge in [0, 0.05) is 43.9 Å². The number of hydrogen-bond donors (Lipinski definition) is 1. The minimum absolute atomic E-state index is 0.705. The van der Waals surface area contributed by atoms with Gasteiger partial charge in [0.1, 0.15) is 12.0 Å². The lowest BCUT2D eigenvalue weighted by Gasteiger charge is -2.27. The van der Waals surface area contributed by atoms with Crippen LogP contribution in [0.5, 0.6) is 5.75 Å². The van der Waals surface area contributed by atoms with Crippen LogP contribution in [0.2, 0.25) is 0 Å². The third-order valence-corrected chi connectivity index (χ3v) is 3.04. The smallest absolute Gasteiger partial charge is 0.150 e. The number of benzene rings is 1. The van der Waals surface area contributed by atoms with Crippen LogP contribution in [0, 0.1) is 0 Å². The topological polar surface area (TPSA) is 41.6 Å². The van der Waals surface area contributed by atoms with E-state index in [9.17, 15) is 4.79 Å². The zero-order valence-corrected chi connectivity index (χ0v) is 10.1. The Morgan fingerprint density at radius 1 is 1.41 bits per heavy atom. The zero-order chi connectivity index (χ0) is 12.1. The van der Waals surface area contributed by atoms with Crippen molar-refractivity contribution in [1.29, 1.82) is 0 Å². The molecule has 1 aromatic carbocycles. The molecule has 1 saturated heterocycles. The molecule has 0 atom stereocenters.